The predicted molar refractivity (Wildman–Crippen MR) is 51.6 cm³/mol. The Labute approximate surface area is 76.2 Å². The summed E-state index contributed by atoms with van der Waals surface area (Å²) < 4.78 is 0. The van der Waals surface area contributed by atoms with Gasteiger partial charge in [0.2, 0.25) is 5.96 Å². The first-order chi connectivity index (χ1) is 6.18. The van der Waals surface area contributed by atoms with Crippen LogP contribution < -0.4 is 11.2 Å². The standard InChI is InChI=1S/C8H11N5/c1-6-3-2-4-7(12-6)5-11-13-8(9)10/h2-5H,1H3,(H4,9,10,13). The normalized spacial score (nSPS) is 10.2. The lowest BCUT2D eigenvalue weighted by Gasteiger charge is -1.95. The molecule has 0 aliphatic heterocycles. The summed E-state index contributed by atoms with van der Waals surface area (Å²) in [4.78, 5) is 4.17. The molecular formula is C8H11N5. The number of rotatable bonds is 2. The van der Waals surface area contributed by atoms with E-state index in [4.69, 9.17) is 11.1 Å². The first-order valence-electron chi connectivity index (χ1n) is 3.75. The highest BCUT2D eigenvalue weighted by molar-refractivity contribution is 5.80. The Hall–Kier alpha value is -1.91. The Kier molecular flexibility index (Phi) is 2.97. The number of guanidine groups is 1. The lowest BCUT2D eigenvalue weighted by molar-refractivity contribution is 0.999. The van der Waals surface area contributed by atoms with Gasteiger partial charge >= 0.3 is 0 Å². The molecule has 13 heavy (non-hydrogen) atoms. The molecule has 1 heterocycles. The third kappa shape index (κ3) is 3.33. The molecule has 0 radical (unpaired) electrons. The fraction of sp³-hybridized carbons (Fsp3) is 0.125. The predicted octanol–water partition coefficient (Wildman–Crippen LogP) is 0.207. The van der Waals surface area contributed by atoms with E-state index in [9.17, 15) is 0 Å². The summed E-state index contributed by atoms with van der Waals surface area (Å²) in [6, 6.07) is 5.60. The summed E-state index contributed by atoms with van der Waals surface area (Å²) in [6.45, 7) is 1.90. The monoisotopic (exact) mass is 177 g/mol. The third-order valence-electron chi connectivity index (χ3n) is 1.29. The van der Waals surface area contributed by atoms with Crippen LogP contribution in [-0.2, 0) is 0 Å². The summed E-state index contributed by atoms with van der Waals surface area (Å²) >= 11 is 0. The van der Waals surface area contributed by atoms with E-state index < -0.39 is 0 Å². The Balaban J connectivity index is 2.63. The van der Waals surface area contributed by atoms with Gasteiger partial charge in [0.15, 0.2) is 0 Å². The van der Waals surface area contributed by atoms with Crippen molar-refractivity contribution in [1.82, 2.24) is 10.4 Å². The van der Waals surface area contributed by atoms with Crippen molar-refractivity contribution in [1.29, 1.82) is 5.41 Å². The SMILES string of the molecule is Cc1cccc(C=NNC(=N)N)n1. The molecule has 5 heteroatoms. The van der Waals surface area contributed by atoms with Crippen molar-refractivity contribution in [2.24, 2.45) is 10.8 Å². The summed E-state index contributed by atoms with van der Waals surface area (Å²) in [5, 5.41) is 10.5. The van der Waals surface area contributed by atoms with Crippen LogP contribution in [0.3, 0.4) is 0 Å². The highest BCUT2D eigenvalue weighted by atomic mass is 15.3. The summed E-state index contributed by atoms with van der Waals surface area (Å²) in [6.07, 6.45) is 1.51. The van der Waals surface area contributed by atoms with Gasteiger partial charge in [-0.2, -0.15) is 5.10 Å². The molecule has 0 aliphatic carbocycles. The van der Waals surface area contributed by atoms with Gasteiger partial charge < -0.3 is 5.73 Å². The molecule has 1 rings (SSSR count). The van der Waals surface area contributed by atoms with E-state index in [1.54, 1.807) is 0 Å². The average Bonchev–Trinajstić information content (AvgIpc) is 2.03. The second-order valence-corrected chi connectivity index (χ2v) is 2.49. The molecule has 0 bridgehead atoms. The molecule has 0 saturated carbocycles. The Morgan fingerprint density at radius 2 is 2.46 bits per heavy atom. The van der Waals surface area contributed by atoms with Crippen LogP contribution in [0.25, 0.3) is 0 Å². The zero-order chi connectivity index (χ0) is 9.68. The molecule has 0 spiro atoms. The number of aryl methyl sites for hydroxylation is 1. The quantitative estimate of drug-likeness (QED) is 0.343. The van der Waals surface area contributed by atoms with E-state index in [0.29, 0.717) is 0 Å². The maximum Gasteiger partial charge on any atom is 0.206 e. The largest absolute Gasteiger partial charge is 0.369 e. The van der Waals surface area contributed by atoms with Crippen LogP contribution in [0.2, 0.25) is 0 Å². The molecule has 0 aliphatic rings. The first-order valence-corrected chi connectivity index (χ1v) is 3.75. The van der Waals surface area contributed by atoms with Gasteiger partial charge in [-0.3, -0.25) is 10.4 Å². The Bertz CT molecular complexity index is 331. The molecule has 0 saturated heterocycles. The number of nitrogens with one attached hydrogen (secondary N) is 2. The number of hydrogen-bond acceptors (Lipinski definition) is 3. The van der Waals surface area contributed by atoms with Crippen molar-refractivity contribution in [2.75, 3.05) is 0 Å². The van der Waals surface area contributed by atoms with Gasteiger partial charge in [0.05, 0.1) is 11.9 Å². The van der Waals surface area contributed by atoms with Crippen molar-refractivity contribution in [3.05, 3.63) is 29.6 Å². The minimum absolute atomic E-state index is 0.191. The maximum absolute atomic E-state index is 6.83. The molecule has 68 valence electrons. The van der Waals surface area contributed by atoms with Gasteiger partial charge in [-0.25, -0.2) is 5.43 Å². The highest BCUT2D eigenvalue weighted by Crippen LogP contribution is 1.94. The van der Waals surface area contributed by atoms with Crippen molar-refractivity contribution in [3.63, 3.8) is 0 Å². The zero-order valence-electron chi connectivity index (χ0n) is 7.28. The molecule has 0 unspecified atom stereocenters. The average molecular weight is 177 g/mol. The minimum Gasteiger partial charge on any atom is -0.369 e. The fourth-order valence-corrected chi connectivity index (χ4v) is 0.804. The second kappa shape index (κ2) is 4.20. The summed E-state index contributed by atoms with van der Waals surface area (Å²) in [5.74, 6) is -0.191. The van der Waals surface area contributed by atoms with Crippen molar-refractivity contribution in [2.45, 2.75) is 6.92 Å². The van der Waals surface area contributed by atoms with E-state index in [1.807, 2.05) is 25.1 Å². The van der Waals surface area contributed by atoms with Crippen molar-refractivity contribution >= 4 is 12.2 Å². The molecule has 1 aromatic heterocycles. The number of aromatic nitrogens is 1. The second-order valence-electron chi connectivity index (χ2n) is 2.49. The molecule has 0 fully saturated rings. The molecular weight excluding hydrogens is 166 g/mol. The van der Waals surface area contributed by atoms with E-state index >= 15 is 0 Å². The number of hydrogen-bond donors (Lipinski definition) is 3. The number of nitrogens with zero attached hydrogens (tertiary/aromatic N) is 2. The van der Waals surface area contributed by atoms with Gasteiger partial charge in [-0.15, -0.1) is 0 Å². The van der Waals surface area contributed by atoms with Crippen LogP contribution in [0, 0.1) is 12.3 Å². The first kappa shape index (κ1) is 9.18. The van der Waals surface area contributed by atoms with Gasteiger partial charge in [0, 0.05) is 5.69 Å². The van der Waals surface area contributed by atoms with Crippen molar-refractivity contribution in [3.8, 4) is 0 Å². The Morgan fingerprint density at radius 1 is 1.69 bits per heavy atom. The molecule has 0 aromatic carbocycles. The van der Waals surface area contributed by atoms with E-state index in [2.05, 4.69) is 15.5 Å². The van der Waals surface area contributed by atoms with Crippen LogP contribution in [-0.4, -0.2) is 17.2 Å². The molecule has 4 N–H and O–H groups in total. The number of hydrazone groups is 1. The van der Waals surface area contributed by atoms with Gasteiger partial charge in [0.1, 0.15) is 0 Å². The van der Waals surface area contributed by atoms with E-state index in [-0.39, 0.29) is 5.96 Å². The van der Waals surface area contributed by atoms with Crippen LogP contribution in [0.4, 0.5) is 0 Å². The van der Waals surface area contributed by atoms with Gasteiger partial charge in [-0.05, 0) is 19.1 Å². The van der Waals surface area contributed by atoms with E-state index in [0.717, 1.165) is 11.4 Å². The minimum atomic E-state index is -0.191. The van der Waals surface area contributed by atoms with E-state index in [1.165, 1.54) is 6.21 Å². The van der Waals surface area contributed by atoms with Gasteiger partial charge in [-0.1, -0.05) is 6.07 Å². The van der Waals surface area contributed by atoms with Crippen LogP contribution >= 0.6 is 0 Å². The topological polar surface area (TPSA) is 87.2 Å². The smallest absolute Gasteiger partial charge is 0.206 e. The third-order valence-corrected chi connectivity index (χ3v) is 1.29. The van der Waals surface area contributed by atoms with Crippen LogP contribution in [0.5, 0.6) is 0 Å². The molecule has 0 atom stereocenters. The summed E-state index contributed by atoms with van der Waals surface area (Å²) in [5.41, 5.74) is 8.98. The molecule has 1 aromatic rings. The van der Waals surface area contributed by atoms with Crippen molar-refractivity contribution < 1.29 is 0 Å². The van der Waals surface area contributed by atoms with Crippen LogP contribution in [0.15, 0.2) is 23.3 Å². The lowest BCUT2D eigenvalue weighted by Crippen LogP contribution is -2.25. The summed E-state index contributed by atoms with van der Waals surface area (Å²) in [7, 11) is 0. The number of nitrogens with two attached hydrogens (primary N) is 1. The van der Waals surface area contributed by atoms with Gasteiger partial charge in [0.25, 0.3) is 0 Å². The maximum atomic E-state index is 6.83. The lowest BCUT2D eigenvalue weighted by atomic mass is 10.3. The van der Waals surface area contributed by atoms with Crippen LogP contribution in [0.1, 0.15) is 11.4 Å². The highest BCUT2D eigenvalue weighted by Gasteiger charge is 1.88. The molecule has 0 amide bonds. The Morgan fingerprint density at radius 3 is 3.08 bits per heavy atom. The molecule has 5 nitrogen and oxygen atoms in total. The zero-order valence-corrected chi connectivity index (χ0v) is 7.28. The fourth-order valence-electron chi connectivity index (χ4n) is 0.804. The number of pyridine rings is 1.